The molecule has 28 heavy (non-hydrogen) atoms. The van der Waals surface area contributed by atoms with Gasteiger partial charge >= 0.3 is 6.03 Å². The van der Waals surface area contributed by atoms with Crippen molar-refractivity contribution in [3.63, 3.8) is 0 Å². The Morgan fingerprint density at radius 2 is 2.11 bits per heavy atom. The van der Waals surface area contributed by atoms with E-state index >= 15 is 0 Å². The molecule has 1 aromatic rings. The van der Waals surface area contributed by atoms with E-state index in [1.807, 2.05) is 31.2 Å². The summed E-state index contributed by atoms with van der Waals surface area (Å²) in [5, 5.41) is 5.92. The van der Waals surface area contributed by atoms with Crippen molar-refractivity contribution < 1.29 is 14.3 Å². The number of anilines is 1. The maximum absolute atomic E-state index is 12.4. The Morgan fingerprint density at radius 1 is 1.36 bits per heavy atom. The number of nitrogens with zero attached hydrogens (tertiary/aromatic N) is 2. The van der Waals surface area contributed by atoms with E-state index in [1.165, 1.54) is 0 Å². The molecule has 1 aliphatic heterocycles. The summed E-state index contributed by atoms with van der Waals surface area (Å²) < 4.78 is 5.23. The number of nitrogens with one attached hydrogen (secondary N) is 2. The zero-order chi connectivity index (χ0) is 20.5. The molecule has 7 nitrogen and oxygen atoms in total. The van der Waals surface area contributed by atoms with E-state index in [1.54, 1.807) is 12.0 Å². The van der Waals surface area contributed by atoms with Crippen LogP contribution in [0.25, 0.3) is 0 Å². The first-order chi connectivity index (χ1) is 13.5. The molecule has 0 unspecified atom stereocenters. The summed E-state index contributed by atoms with van der Waals surface area (Å²) in [5.41, 5.74) is 0.791. The smallest absolute Gasteiger partial charge is 0.315 e. The number of methoxy groups -OCH3 is 1. The van der Waals surface area contributed by atoms with Gasteiger partial charge in [-0.3, -0.25) is 4.79 Å². The first-order valence-electron chi connectivity index (χ1n) is 10.2. The van der Waals surface area contributed by atoms with Gasteiger partial charge in [0.1, 0.15) is 5.75 Å². The van der Waals surface area contributed by atoms with Crippen LogP contribution >= 0.6 is 0 Å². The van der Waals surface area contributed by atoms with E-state index in [0.29, 0.717) is 18.7 Å². The molecule has 0 saturated carbocycles. The molecule has 2 N–H and O–H groups in total. The van der Waals surface area contributed by atoms with E-state index in [0.717, 1.165) is 38.2 Å². The Morgan fingerprint density at radius 3 is 2.79 bits per heavy atom. The van der Waals surface area contributed by atoms with Gasteiger partial charge in [-0.25, -0.2) is 4.79 Å². The molecular formula is C21H34N4O3. The van der Waals surface area contributed by atoms with Gasteiger partial charge in [-0.1, -0.05) is 19.9 Å². The van der Waals surface area contributed by atoms with E-state index in [9.17, 15) is 9.59 Å². The molecule has 2 rings (SSSR count). The number of ether oxygens (including phenoxy) is 1. The molecule has 1 saturated heterocycles. The number of hydrogen-bond donors (Lipinski definition) is 2. The molecule has 1 heterocycles. The van der Waals surface area contributed by atoms with Crippen LogP contribution in [0.3, 0.4) is 0 Å². The summed E-state index contributed by atoms with van der Waals surface area (Å²) in [5.74, 6) is 0.712. The quantitative estimate of drug-likeness (QED) is 0.644. The van der Waals surface area contributed by atoms with Crippen molar-refractivity contribution in [3.8, 4) is 5.75 Å². The fraction of sp³-hybridized carbons (Fsp3) is 0.619. The molecule has 0 bridgehead atoms. The second-order valence-electron chi connectivity index (χ2n) is 7.29. The van der Waals surface area contributed by atoms with Crippen LogP contribution in [0, 0.1) is 0 Å². The summed E-state index contributed by atoms with van der Waals surface area (Å²) in [4.78, 5) is 28.7. The largest absolute Gasteiger partial charge is 0.497 e. The van der Waals surface area contributed by atoms with Gasteiger partial charge in [0.25, 0.3) is 0 Å². The van der Waals surface area contributed by atoms with Crippen LogP contribution in [0.2, 0.25) is 0 Å². The standard InChI is InChI=1S/C21H34N4O3/c1-5-24(6-2)12-8-9-16(3)22-21(27)23-17-13-20(26)25(15-17)18-10-7-11-19(14-18)28-4/h7,10-11,14,16-17H,5-6,8-9,12-13,15H2,1-4H3,(H2,22,23,27)/t16-,17+/m0/s1. The van der Waals surface area contributed by atoms with E-state index in [4.69, 9.17) is 4.74 Å². The van der Waals surface area contributed by atoms with E-state index in [-0.39, 0.29) is 24.0 Å². The highest BCUT2D eigenvalue weighted by molar-refractivity contribution is 5.97. The summed E-state index contributed by atoms with van der Waals surface area (Å²) >= 11 is 0. The van der Waals surface area contributed by atoms with E-state index < -0.39 is 0 Å². The van der Waals surface area contributed by atoms with Gasteiger partial charge in [0.2, 0.25) is 5.91 Å². The van der Waals surface area contributed by atoms with Crippen LogP contribution in [-0.2, 0) is 4.79 Å². The average molecular weight is 391 g/mol. The van der Waals surface area contributed by atoms with Crippen molar-refractivity contribution in [1.82, 2.24) is 15.5 Å². The van der Waals surface area contributed by atoms with E-state index in [2.05, 4.69) is 29.4 Å². The maximum atomic E-state index is 12.4. The minimum Gasteiger partial charge on any atom is -0.497 e. The van der Waals surface area contributed by atoms with Crippen molar-refractivity contribution in [2.24, 2.45) is 0 Å². The predicted octanol–water partition coefficient (Wildman–Crippen LogP) is 2.61. The van der Waals surface area contributed by atoms with Crippen molar-refractivity contribution in [2.45, 2.75) is 52.1 Å². The molecule has 0 aliphatic carbocycles. The highest BCUT2D eigenvalue weighted by Crippen LogP contribution is 2.25. The zero-order valence-electron chi connectivity index (χ0n) is 17.5. The third-order valence-corrected chi connectivity index (χ3v) is 5.21. The number of hydrogen-bond acceptors (Lipinski definition) is 4. The Kier molecular flexibility index (Phi) is 8.57. The minimum atomic E-state index is -0.208. The number of urea groups is 1. The summed E-state index contributed by atoms with van der Waals surface area (Å²) in [7, 11) is 1.60. The molecule has 0 spiro atoms. The Bertz CT molecular complexity index is 648. The molecule has 1 aromatic carbocycles. The third-order valence-electron chi connectivity index (χ3n) is 5.21. The van der Waals surface area contributed by atoms with Crippen LogP contribution in [0.5, 0.6) is 5.75 Å². The fourth-order valence-electron chi connectivity index (χ4n) is 3.52. The van der Waals surface area contributed by atoms with Crippen molar-refractivity contribution in [1.29, 1.82) is 0 Å². The number of carbonyl (C=O) groups is 2. The molecule has 1 fully saturated rings. The lowest BCUT2D eigenvalue weighted by Gasteiger charge is -2.21. The minimum absolute atomic E-state index is 0.00539. The van der Waals surface area contributed by atoms with Gasteiger partial charge < -0.3 is 25.2 Å². The van der Waals surface area contributed by atoms with Crippen LogP contribution in [0.15, 0.2) is 24.3 Å². The van der Waals surface area contributed by atoms with Crippen molar-refractivity contribution in [2.75, 3.05) is 38.2 Å². The van der Waals surface area contributed by atoms with Gasteiger partial charge in [0.15, 0.2) is 0 Å². The van der Waals surface area contributed by atoms with Gasteiger partial charge in [0, 0.05) is 30.8 Å². The topological polar surface area (TPSA) is 73.9 Å². The predicted molar refractivity (Wildman–Crippen MR) is 112 cm³/mol. The Labute approximate surface area is 168 Å². The highest BCUT2D eigenvalue weighted by Gasteiger charge is 2.31. The molecule has 156 valence electrons. The van der Waals surface area contributed by atoms with Crippen molar-refractivity contribution >= 4 is 17.6 Å². The number of benzene rings is 1. The van der Waals surface area contributed by atoms with Gasteiger partial charge in [-0.05, 0) is 51.5 Å². The monoisotopic (exact) mass is 390 g/mol. The summed E-state index contributed by atoms with van der Waals surface area (Å²) in [6.45, 7) is 9.97. The molecule has 0 aromatic heterocycles. The Hall–Kier alpha value is -2.28. The second-order valence-corrected chi connectivity index (χ2v) is 7.29. The van der Waals surface area contributed by atoms with Crippen LogP contribution in [0.4, 0.5) is 10.5 Å². The first kappa shape index (κ1) is 22.0. The lowest BCUT2D eigenvalue weighted by atomic mass is 10.2. The highest BCUT2D eigenvalue weighted by atomic mass is 16.5. The lowest BCUT2D eigenvalue weighted by molar-refractivity contribution is -0.117. The third kappa shape index (κ3) is 6.41. The molecule has 0 radical (unpaired) electrons. The second kappa shape index (κ2) is 10.9. The maximum Gasteiger partial charge on any atom is 0.315 e. The zero-order valence-corrected chi connectivity index (χ0v) is 17.5. The van der Waals surface area contributed by atoms with Crippen LogP contribution in [0.1, 0.15) is 40.0 Å². The van der Waals surface area contributed by atoms with Crippen molar-refractivity contribution in [3.05, 3.63) is 24.3 Å². The first-order valence-corrected chi connectivity index (χ1v) is 10.2. The average Bonchev–Trinajstić information content (AvgIpc) is 3.05. The number of rotatable bonds is 10. The summed E-state index contributed by atoms with van der Waals surface area (Å²) in [6, 6.07) is 7.10. The van der Waals surface area contributed by atoms with Crippen LogP contribution < -0.4 is 20.3 Å². The Balaban J connectivity index is 1.77. The number of carbonyl (C=O) groups excluding carboxylic acids is 2. The normalized spacial score (nSPS) is 17.7. The molecule has 1 aliphatic rings. The van der Waals surface area contributed by atoms with Crippen LogP contribution in [-0.4, -0.2) is 62.2 Å². The fourth-order valence-corrected chi connectivity index (χ4v) is 3.52. The molecule has 2 atom stereocenters. The number of amides is 3. The molecule has 3 amide bonds. The molecule has 7 heteroatoms. The van der Waals surface area contributed by atoms with Gasteiger partial charge in [0.05, 0.1) is 13.2 Å². The summed E-state index contributed by atoms with van der Waals surface area (Å²) in [6.07, 6.45) is 2.29. The van der Waals surface area contributed by atoms with Gasteiger partial charge in [-0.2, -0.15) is 0 Å². The molecular weight excluding hydrogens is 356 g/mol. The SMILES string of the molecule is CCN(CC)CCC[C@H](C)NC(=O)N[C@@H]1CC(=O)N(c2cccc(OC)c2)C1. The van der Waals surface area contributed by atoms with Gasteiger partial charge in [-0.15, -0.1) is 0 Å². The lowest BCUT2D eigenvalue weighted by Crippen LogP contribution is -2.46.